The highest BCUT2D eigenvalue weighted by Crippen LogP contribution is 2.22. The van der Waals surface area contributed by atoms with Gasteiger partial charge in [0.15, 0.2) is 0 Å². The van der Waals surface area contributed by atoms with Crippen molar-refractivity contribution in [3.05, 3.63) is 53.6 Å². The Morgan fingerprint density at radius 2 is 2.00 bits per heavy atom. The first-order valence-electron chi connectivity index (χ1n) is 6.47. The largest absolute Gasteiger partial charge is 0.310 e. The predicted octanol–water partition coefficient (Wildman–Crippen LogP) is 3.26. The molecule has 0 spiro atoms. The predicted molar refractivity (Wildman–Crippen MR) is 76.3 cm³/mol. The lowest BCUT2D eigenvalue weighted by atomic mass is 10.0. The van der Waals surface area contributed by atoms with Crippen LogP contribution in [0, 0.1) is 17.1 Å². The summed E-state index contributed by atoms with van der Waals surface area (Å²) in [6.07, 6.45) is 3.46. The van der Waals surface area contributed by atoms with Crippen LogP contribution < -0.4 is 5.32 Å². The molecule has 4 heteroatoms. The Bertz CT molecular complexity index is 644. The van der Waals surface area contributed by atoms with Gasteiger partial charge in [0.2, 0.25) is 0 Å². The SMILES string of the molecule is CC(C)NCc1cncc(-c2cc(F)cc(C#N)c2)c1. The number of nitriles is 1. The fraction of sp³-hybridized carbons (Fsp3) is 0.250. The lowest BCUT2D eigenvalue weighted by molar-refractivity contribution is 0.588. The van der Waals surface area contributed by atoms with Crippen LogP contribution in [0.15, 0.2) is 36.7 Å². The molecule has 0 aliphatic heterocycles. The van der Waals surface area contributed by atoms with Gasteiger partial charge in [-0.25, -0.2) is 4.39 Å². The second kappa shape index (κ2) is 6.27. The van der Waals surface area contributed by atoms with Crippen LogP contribution in [-0.2, 0) is 6.54 Å². The summed E-state index contributed by atoms with van der Waals surface area (Å²) in [5, 5.41) is 12.2. The van der Waals surface area contributed by atoms with Crippen LogP contribution in [0.25, 0.3) is 11.1 Å². The molecule has 3 nitrogen and oxygen atoms in total. The van der Waals surface area contributed by atoms with E-state index in [-0.39, 0.29) is 0 Å². The van der Waals surface area contributed by atoms with Crippen molar-refractivity contribution >= 4 is 0 Å². The van der Waals surface area contributed by atoms with E-state index < -0.39 is 5.82 Å². The van der Waals surface area contributed by atoms with Crippen molar-refractivity contribution in [3.8, 4) is 17.2 Å². The van der Waals surface area contributed by atoms with Crippen LogP contribution in [0.1, 0.15) is 25.0 Å². The fourth-order valence-corrected chi connectivity index (χ4v) is 1.88. The number of benzene rings is 1. The highest BCUT2D eigenvalue weighted by Gasteiger charge is 2.05. The zero-order valence-electron chi connectivity index (χ0n) is 11.5. The van der Waals surface area contributed by atoms with Gasteiger partial charge in [-0.15, -0.1) is 0 Å². The molecule has 1 aromatic carbocycles. The third-order valence-corrected chi connectivity index (χ3v) is 2.87. The van der Waals surface area contributed by atoms with E-state index in [1.165, 1.54) is 12.1 Å². The first-order valence-corrected chi connectivity index (χ1v) is 6.47. The summed E-state index contributed by atoms with van der Waals surface area (Å²) in [4.78, 5) is 4.18. The molecule has 20 heavy (non-hydrogen) atoms. The van der Waals surface area contributed by atoms with Gasteiger partial charge < -0.3 is 5.32 Å². The van der Waals surface area contributed by atoms with Gasteiger partial charge in [-0.3, -0.25) is 4.98 Å². The molecule has 0 unspecified atom stereocenters. The quantitative estimate of drug-likeness (QED) is 0.926. The molecule has 2 rings (SSSR count). The van der Waals surface area contributed by atoms with Crippen molar-refractivity contribution in [2.45, 2.75) is 26.4 Å². The minimum atomic E-state index is -0.412. The van der Waals surface area contributed by atoms with Crippen LogP contribution in [0.3, 0.4) is 0 Å². The summed E-state index contributed by atoms with van der Waals surface area (Å²) in [5.41, 5.74) is 2.81. The molecule has 102 valence electrons. The maximum Gasteiger partial charge on any atom is 0.125 e. The lowest BCUT2D eigenvalue weighted by Gasteiger charge is -2.09. The summed E-state index contributed by atoms with van der Waals surface area (Å²) >= 11 is 0. The number of hydrogen-bond acceptors (Lipinski definition) is 3. The smallest absolute Gasteiger partial charge is 0.125 e. The van der Waals surface area contributed by atoms with Crippen molar-refractivity contribution < 1.29 is 4.39 Å². The summed E-state index contributed by atoms with van der Waals surface area (Å²) in [7, 11) is 0. The molecular weight excluding hydrogens is 253 g/mol. The molecule has 0 aliphatic rings. The Balaban J connectivity index is 2.31. The van der Waals surface area contributed by atoms with E-state index in [9.17, 15) is 4.39 Å². The van der Waals surface area contributed by atoms with Gasteiger partial charge in [-0.05, 0) is 35.4 Å². The van der Waals surface area contributed by atoms with Gasteiger partial charge in [0.05, 0.1) is 11.6 Å². The normalized spacial score (nSPS) is 10.6. The highest BCUT2D eigenvalue weighted by atomic mass is 19.1. The maximum absolute atomic E-state index is 13.5. The van der Waals surface area contributed by atoms with Gasteiger partial charge in [-0.2, -0.15) is 5.26 Å². The average molecular weight is 269 g/mol. The van der Waals surface area contributed by atoms with Crippen LogP contribution in [0.2, 0.25) is 0 Å². The zero-order chi connectivity index (χ0) is 14.5. The minimum Gasteiger partial charge on any atom is -0.310 e. The highest BCUT2D eigenvalue weighted by molar-refractivity contribution is 5.65. The standard InChI is InChI=1S/C16H16FN3/c1-11(2)20-9-13-4-15(10-19-8-13)14-3-12(7-18)5-16(17)6-14/h3-6,8,10-11,20H,9H2,1-2H3. The van der Waals surface area contributed by atoms with Crippen molar-refractivity contribution in [2.75, 3.05) is 0 Å². The van der Waals surface area contributed by atoms with Gasteiger partial charge in [0.1, 0.15) is 5.82 Å². The van der Waals surface area contributed by atoms with Crippen LogP contribution in [-0.4, -0.2) is 11.0 Å². The third-order valence-electron chi connectivity index (χ3n) is 2.87. The summed E-state index contributed by atoms with van der Waals surface area (Å²) < 4.78 is 13.5. The van der Waals surface area contributed by atoms with Crippen LogP contribution >= 0.6 is 0 Å². The monoisotopic (exact) mass is 269 g/mol. The number of nitrogens with zero attached hydrogens (tertiary/aromatic N) is 2. The summed E-state index contributed by atoms with van der Waals surface area (Å²) in [5.74, 6) is -0.412. The molecule has 0 fully saturated rings. The van der Waals surface area contributed by atoms with E-state index in [1.807, 2.05) is 12.1 Å². The Morgan fingerprint density at radius 3 is 2.70 bits per heavy atom. The number of hydrogen-bond donors (Lipinski definition) is 1. The Hall–Kier alpha value is -2.25. The second-order valence-corrected chi connectivity index (χ2v) is 4.96. The molecule has 0 saturated heterocycles. The Morgan fingerprint density at radius 1 is 1.20 bits per heavy atom. The molecular formula is C16H16FN3. The topological polar surface area (TPSA) is 48.7 Å². The Kier molecular flexibility index (Phi) is 4.44. The zero-order valence-corrected chi connectivity index (χ0v) is 11.5. The summed E-state index contributed by atoms with van der Waals surface area (Å²) in [6, 6.07) is 8.61. The van der Waals surface area contributed by atoms with Crippen molar-refractivity contribution in [1.82, 2.24) is 10.3 Å². The van der Waals surface area contributed by atoms with E-state index >= 15 is 0 Å². The number of pyridine rings is 1. The van der Waals surface area contributed by atoms with E-state index in [0.29, 0.717) is 23.7 Å². The Labute approximate surface area is 118 Å². The molecule has 2 aromatic rings. The number of halogens is 1. The first-order chi connectivity index (χ1) is 9.58. The minimum absolute atomic E-state index is 0.311. The van der Waals surface area contributed by atoms with Crippen molar-refractivity contribution in [1.29, 1.82) is 5.26 Å². The number of aromatic nitrogens is 1. The van der Waals surface area contributed by atoms with Crippen LogP contribution in [0.5, 0.6) is 0 Å². The molecule has 0 saturated carbocycles. The fourth-order valence-electron chi connectivity index (χ4n) is 1.88. The van der Waals surface area contributed by atoms with Gasteiger partial charge in [0.25, 0.3) is 0 Å². The third kappa shape index (κ3) is 3.62. The van der Waals surface area contributed by atoms with E-state index in [0.717, 1.165) is 11.1 Å². The molecule has 1 aromatic heterocycles. The molecule has 0 bridgehead atoms. The number of rotatable bonds is 4. The second-order valence-electron chi connectivity index (χ2n) is 4.96. The van der Waals surface area contributed by atoms with E-state index in [2.05, 4.69) is 24.1 Å². The lowest BCUT2D eigenvalue weighted by Crippen LogP contribution is -2.21. The molecule has 1 N–H and O–H groups in total. The van der Waals surface area contributed by atoms with Crippen molar-refractivity contribution in [3.63, 3.8) is 0 Å². The number of nitrogens with one attached hydrogen (secondary N) is 1. The molecule has 0 radical (unpaired) electrons. The van der Waals surface area contributed by atoms with Crippen LogP contribution in [0.4, 0.5) is 4.39 Å². The molecule has 1 heterocycles. The van der Waals surface area contributed by atoms with E-state index in [4.69, 9.17) is 5.26 Å². The van der Waals surface area contributed by atoms with E-state index in [1.54, 1.807) is 18.5 Å². The van der Waals surface area contributed by atoms with Gasteiger partial charge >= 0.3 is 0 Å². The van der Waals surface area contributed by atoms with Crippen molar-refractivity contribution in [2.24, 2.45) is 0 Å². The average Bonchev–Trinajstić information content (AvgIpc) is 2.44. The maximum atomic E-state index is 13.5. The molecule has 0 aliphatic carbocycles. The van der Waals surface area contributed by atoms with Gasteiger partial charge in [0, 0.05) is 30.5 Å². The summed E-state index contributed by atoms with van der Waals surface area (Å²) in [6.45, 7) is 4.85. The van der Waals surface area contributed by atoms with Gasteiger partial charge in [-0.1, -0.05) is 13.8 Å². The first kappa shape index (κ1) is 14.2. The molecule has 0 atom stereocenters. The molecule has 0 amide bonds.